The molecular weight excluding hydrogens is 468 g/mol. The van der Waals surface area contributed by atoms with E-state index in [2.05, 4.69) is 15.5 Å². The Morgan fingerprint density at radius 1 is 1.31 bits per heavy atom. The highest BCUT2D eigenvalue weighted by molar-refractivity contribution is 7.99. The number of carbonyl (C=O) groups excluding carboxylic acids is 1. The van der Waals surface area contributed by atoms with Crippen LogP contribution in [0.15, 0.2) is 41.6 Å². The Kier molecular flexibility index (Phi) is 7.26. The minimum atomic E-state index is -0.843. The quantitative estimate of drug-likeness (QED) is 0.284. The van der Waals surface area contributed by atoms with Gasteiger partial charge >= 0.3 is 0 Å². The largest absolute Gasteiger partial charge is 0.480 e. The first-order chi connectivity index (χ1) is 15.2. The third-order valence-corrected chi connectivity index (χ3v) is 5.55. The van der Waals surface area contributed by atoms with Crippen LogP contribution in [0, 0.1) is 21.7 Å². The van der Waals surface area contributed by atoms with Crippen molar-refractivity contribution in [2.45, 2.75) is 18.2 Å². The number of aromatic nitrogens is 3. The summed E-state index contributed by atoms with van der Waals surface area (Å²) in [6.07, 6.45) is -0.709. The van der Waals surface area contributed by atoms with E-state index in [1.807, 2.05) is 0 Å². The van der Waals surface area contributed by atoms with E-state index in [9.17, 15) is 23.7 Å². The number of amides is 1. The van der Waals surface area contributed by atoms with Gasteiger partial charge in [0.05, 0.1) is 21.4 Å². The van der Waals surface area contributed by atoms with Crippen molar-refractivity contribution < 1.29 is 23.2 Å². The highest BCUT2D eigenvalue weighted by atomic mass is 35.5. The Morgan fingerprint density at radius 2 is 2.06 bits per heavy atom. The average molecular weight is 484 g/mol. The lowest BCUT2D eigenvalue weighted by Crippen LogP contribution is -2.15. The van der Waals surface area contributed by atoms with Gasteiger partial charge in [-0.1, -0.05) is 23.4 Å². The number of carbonyl (C=O) groups is 1. The van der Waals surface area contributed by atoms with E-state index in [4.69, 9.17) is 16.3 Å². The van der Waals surface area contributed by atoms with Gasteiger partial charge in [-0.2, -0.15) is 0 Å². The number of nitrogens with one attached hydrogen (secondary N) is 1. The van der Waals surface area contributed by atoms with Gasteiger partial charge in [0.1, 0.15) is 5.82 Å². The lowest BCUT2D eigenvalue weighted by molar-refractivity contribution is -0.384. The molecule has 0 aliphatic rings. The molecular formula is C19H16ClF2N5O4S. The Labute approximate surface area is 189 Å². The molecule has 1 N–H and O–H groups in total. The van der Waals surface area contributed by atoms with Crippen molar-refractivity contribution in [1.29, 1.82) is 0 Å². The van der Waals surface area contributed by atoms with Crippen LogP contribution in [-0.4, -0.2) is 31.3 Å². The summed E-state index contributed by atoms with van der Waals surface area (Å²) in [6, 6.07) is 6.69. The molecule has 0 aliphatic carbocycles. The van der Waals surface area contributed by atoms with E-state index in [1.54, 1.807) is 18.5 Å². The van der Waals surface area contributed by atoms with Crippen molar-refractivity contribution in [3.05, 3.63) is 69.0 Å². The van der Waals surface area contributed by atoms with Gasteiger partial charge < -0.3 is 14.6 Å². The van der Waals surface area contributed by atoms with Crippen LogP contribution in [0.3, 0.4) is 0 Å². The van der Waals surface area contributed by atoms with Gasteiger partial charge in [-0.15, -0.1) is 10.2 Å². The van der Waals surface area contributed by atoms with Crippen molar-refractivity contribution in [1.82, 2.24) is 14.8 Å². The van der Waals surface area contributed by atoms with Crippen LogP contribution < -0.4 is 10.1 Å². The fraction of sp³-hybridized carbons (Fsp3) is 0.211. The van der Waals surface area contributed by atoms with Crippen molar-refractivity contribution >= 4 is 40.6 Å². The number of nitro groups is 1. The van der Waals surface area contributed by atoms with E-state index in [0.717, 1.165) is 17.8 Å². The molecule has 2 aromatic carbocycles. The molecule has 1 atom stereocenters. The van der Waals surface area contributed by atoms with E-state index in [1.165, 1.54) is 24.3 Å². The maximum absolute atomic E-state index is 13.8. The molecule has 13 heteroatoms. The van der Waals surface area contributed by atoms with Crippen LogP contribution in [0.5, 0.6) is 5.75 Å². The molecule has 32 heavy (non-hydrogen) atoms. The number of benzene rings is 2. The molecule has 0 spiro atoms. The number of non-ortho nitro benzene ring substituents is 1. The Morgan fingerprint density at radius 3 is 2.75 bits per heavy atom. The monoisotopic (exact) mass is 483 g/mol. The molecule has 9 nitrogen and oxygen atoms in total. The number of nitrogens with zero attached hydrogens (tertiary/aromatic N) is 4. The normalized spacial score (nSPS) is 11.8. The van der Waals surface area contributed by atoms with Crippen molar-refractivity contribution in [2.75, 3.05) is 11.1 Å². The summed E-state index contributed by atoms with van der Waals surface area (Å²) in [5.74, 6) is -1.87. The van der Waals surface area contributed by atoms with Gasteiger partial charge in [-0.3, -0.25) is 14.9 Å². The number of nitro benzene ring substituents is 1. The zero-order valence-electron chi connectivity index (χ0n) is 16.7. The molecule has 168 valence electrons. The van der Waals surface area contributed by atoms with Gasteiger partial charge in [0.15, 0.2) is 28.7 Å². The molecule has 3 aromatic rings. The Bertz CT molecular complexity index is 1180. The topological polar surface area (TPSA) is 112 Å². The maximum atomic E-state index is 13.8. The molecule has 0 saturated heterocycles. The fourth-order valence-corrected chi connectivity index (χ4v) is 3.54. The number of thioether (sulfide) groups is 1. The van der Waals surface area contributed by atoms with Crippen LogP contribution in [0.2, 0.25) is 5.02 Å². The van der Waals surface area contributed by atoms with Gasteiger partial charge in [-0.25, -0.2) is 8.78 Å². The van der Waals surface area contributed by atoms with E-state index < -0.39 is 28.6 Å². The second-order valence-corrected chi connectivity index (χ2v) is 7.84. The summed E-state index contributed by atoms with van der Waals surface area (Å²) >= 11 is 7.04. The van der Waals surface area contributed by atoms with Crippen LogP contribution in [0.25, 0.3) is 0 Å². The average Bonchev–Trinajstić information content (AvgIpc) is 3.10. The summed E-state index contributed by atoms with van der Waals surface area (Å²) in [5.41, 5.74) is -0.0876. The second kappa shape index (κ2) is 9.92. The first-order valence-corrected chi connectivity index (χ1v) is 10.4. The number of hydrogen-bond donors (Lipinski definition) is 1. The van der Waals surface area contributed by atoms with Gasteiger partial charge in [0.2, 0.25) is 5.91 Å². The molecule has 1 unspecified atom stereocenters. The fourth-order valence-electron chi connectivity index (χ4n) is 2.66. The van der Waals surface area contributed by atoms with Crippen LogP contribution in [-0.2, 0) is 11.8 Å². The van der Waals surface area contributed by atoms with Crippen LogP contribution in [0.1, 0.15) is 18.9 Å². The smallest absolute Gasteiger partial charge is 0.271 e. The molecule has 1 aromatic heterocycles. The number of hydrogen-bond acceptors (Lipinski definition) is 7. The van der Waals surface area contributed by atoms with E-state index in [-0.39, 0.29) is 27.9 Å². The standard InChI is InChI=1S/C19H16ClF2N5O4S/c1-10(31-16-6-3-11(21)7-14(16)22)18-24-25-19(26(18)2)32-9-17(28)23-15-8-12(27(29)30)4-5-13(15)20/h3-8,10H,9H2,1-2H3,(H,23,28). The number of anilines is 1. The third kappa shape index (κ3) is 5.51. The number of halogens is 3. The molecule has 3 rings (SSSR count). The minimum Gasteiger partial charge on any atom is -0.480 e. The molecule has 1 heterocycles. The predicted molar refractivity (Wildman–Crippen MR) is 114 cm³/mol. The van der Waals surface area contributed by atoms with Crippen LogP contribution >= 0.6 is 23.4 Å². The number of rotatable bonds is 8. The summed E-state index contributed by atoms with van der Waals surface area (Å²) in [6.45, 7) is 1.62. The van der Waals surface area contributed by atoms with Gasteiger partial charge in [0, 0.05) is 25.2 Å². The lowest BCUT2D eigenvalue weighted by Gasteiger charge is -2.14. The first-order valence-electron chi connectivity index (χ1n) is 9.03. The molecule has 0 saturated carbocycles. The molecule has 0 fully saturated rings. The first kappa shape index (κ1) is 23.4. The SMILES string of the molecule is CC(Oc1ccc(F)cc1F)c1nnc(SCC(=O)Nc2cc([N+](=O)[O-])ccc2Cl)n1C. The zero-order chi connectivity index (χ0) is 23.4. The second-order valence-electron chi connectivity index (χ2n) is 6.49. The molecule has 0 bridgehead atoms. The van der Waals surface area contributed by atoms with E-state index >= 15 is 0 Å². The summed E-state index contributed by atoms with van der Waals surface area (Å²) in [4.78, 5) is 22.6. The highest BCUT2D eigenvalue weighted by Crippen LogP contribution is 2.28. The Hall–Kier alpha value is -3.25. The summed E-state index contributed by atoms with van der Waals surface area (Å²) in [7, 11) is 1.65. The molecule has 0 aliphatic heterocycles. The minimum absolute atomic E-state index is 0.0766. The molecule has 0 radical (unpaired) electrons. The maximum Gasteiger partial charge on any atom is 0.271 e. The van der Waals surface area contributed by atoms with Crippen LogP contribution in [0.4, 0.5) is 20.2 Å². The Balaban J connectivity index is 1.62. The number of ether oxygens (including phenoxy) is 1. The summed E-state index contributed by atoms with van der Waals surface area (Å²) in [5, 5.41) is 22.0. The van der Waals surface area contributed by atoms with Gasteiger partial charge in [0.25, 0.3) is 5.69 Å². The van der Waals surface area contributed by atoms with E-state index in [0.29, 0.717) is 17.0 Å². The highest BCUT2D eigenvalue weighted by Gasteiger charge is 2.20. The zero-order valence-corrected chi connectivity index (χ0v) is 18.3. The van der Waals surface area contributed by atoms with Gasteiger partial charge in [-0.05, 0) is 25.1 Å². The molecule has 1 amide bonds. The summed E-state index contributed by atoms with van der Waals surface area (Å²) < 4.78 is 33.9. The van der Waals surface area contributed by atoms with Crippen molar-refractivity contribution in [2.24, 2.45) is 7.05 Å². The van der Waals surface area contributed by atoms with Crippen molar-refractivity contribution in [3.63, 3.8) is 0 Å². The van der Waals surface area contributed by atoms with Crippen molar-refractivity contribution in [3.8, 4) is 5.75 Å². The lowest BCUT2D eigenvalue weighted by atomic mass is 10.3. The predicted octanol–water partition coefficient (Wildman–Crippen LogP) is 4.53. The third-order valence-electron chi connectivity index (χ3n) is 4.20.